The lowest BCUT2D eigenvalue weighted by Gasteiger charge is -2.21. The van der Waals surface area contributed by atoms with E-state index in [4.69, 9.17) is 14.2 Å². The minimum absolute atomic E-state index is 0.113. The van der Waals surface area contributed by atoms with E-state index < -0.39 is 22.3 Å². The minimum atomic E-state index is -3.50. The Morgan fingerprint density at radius 2 is 1.76 bits per heavy atom. The van der Waals surface area contributed by atoms with E-state index >= 15 is 0 Å². The number of hydrogen-bond acceptors (Lipinski definition) is 6. The van der Waals surface area contributed by atoms with E-state index in [1.807, 2.05) is 0 Å². The highest BCUT2D eigenvalue weighted by molar-refractivity contribution is 7.92. The predicted octanol–water partition coefficient (Wildman–Crippen LogP) is 1.16. The third-order valence-electron chi connectivity index (χ3n) is 2.96. The number of benzene rings is 1. The molecule has 0 radical (unpaired) electrons. The lowest BCUT2D eigenvalue weighted by molar-refractivity contribution is -0.106. The summed E-state index contributed by atoms with van der Waals surface area (Å²) in [7, 11) is 2.01. The second-order valence-corrected chi connectivity index (χ2v) is 6.32. The van der Waals surface area contributed by atoms with E-state index in [2.05, 4.69) is 0 Å². The summed E-state index contributed by atoms with van der Waals surface area (Å²) in [4.78, 5) is 11.9. The fraction of sp³-hybridized carbons (Fsp3) is 0.462. The Labute approximate surface area is 124 Å². The summed E-state index contributed by atoms with van der Waals surface area (Å²) in [6.45, 7) is 0. The second-order valence-electron chi connectivity index (χ2n) is 4.30. The zero-order valence-electron chi connectivity index (χ0n) is 12.6. The molecule has 21 heavy (non-hydrogen) atoms. The van der Waals surface area contributed by atoms with E-state index in [-0.39, 0.29) is 11.3 Å². The van der Waals surface area contributed by atoms with Crippen LogP contribution in [0.5, 0.6) is 0 Å². The van der Waals surface area contributed by atoms with Gasteiger partial charge in [-0.25, -0.2) is 13.2 Å². The van der Waals surface area contributed by atoms with Gasteiger partial charge in [0, 0.05) is 26.8 Å². The monoisotopic (exact) mass is 317 g/mol. The highest BCUT2D eigenvalue weighted by Crippen LogP contribution is 2.27. The SMILES string of the molecule is COC(=O)c1cc(C(OC)OC)ccc1N(C)S(C)(=O)=O. The van der Waals surface area contributed by atoms with Crippen molar-refractivity contribution in [3.8, 4) is 0 Å². The third kappa shape index (κ3) is 3.93. The van der Waals surface area contributed by atoms with Crippen molar-refractivity contribution in [3.05, 3.63) is 29.3 Å². The predicted molar refractivity (Wildman–Crippen MR) is 77.8 cm³/mol. The van der Waals surface area contributed by atoms with Crippen LogP contribution in [0.1, 0.15) is 22.2 Å². The van der Waals surface area contributed by atoms with Crippen LogP contribution in [0.25, 0.3) is 0 Å². The first kappa shape index (κ1) is 17.4. The van der Waals surface area contributed by atoms with Gasteiger partial charge in [0.05, 0.1) is 24.6 Å². The Balaban J connectivity index is 3.43. The summed E-state index contributed by atoms with van der Waals surface area (Å²) in [6.07, 6.45) is 0.390. The van der Waals surface area contributed by atoms with Gasteiger partial charge in [0.15, 0.2) is 6.29 Å². The third-order valence-corrected chi connectivity index (χ3v) is 4.15. The normalized spacial score (nSPS) is 11.5. The van der Waals surface area contributed by atoms with Crippen LogP contribution in [-0.2, 0) is 24.2 Å². The Bertz CT molecular complexity index is 609. The maximum atomic E-state index is 11.9. The van der Waals surface area contributed by atoms with E-state index in [9.17, 15) is 13.2 Å². The number of rotatable bonds is 6. The summed E-state index contributed by atoms with van der Waals surface area (Å²) in [5.74, 6) is -0.645. The summed E-state index contributed by atoms with van der Waals surface area (Å²) < 4.78 is 39.2. The fourth-order valence-corrected chi connectivity index (χ4v) is 2.31. The van der Waals surface area contributed by atoms with Crippen LogP contribution in [-0.4, -0.2) is 49.0 Å². The summed E-state index contributed by atoms with van der Waals surface area (Å²) in [6, 6.07) is 4.62. The molecule has 0 aliphatic carbocycles. The molecule has 0 heterocycles. The van der Waals surface area contributed by atoms with Crippen LogP contribution in [0.4, 0.5) is 5.69 Å². The molecule has 0 aliphatic heterocycles. The van der Waals surface area contributed by atoms with Crippen molar-refractivity contribution in [1.82, 2.24) is 0 Å². The molecule has 0 saturated carbocycles. The number of anilines is 1. The van der Waals surface area contributed by atoms with Crippen molar-refractivity contribution in [2.75, 3.05) is 38.9 Å². The summed E-state index contributed by atoms with van der Waals surface area (Å²) in [5, 5.41) is 0. The lowest BCUT2D eigenvalue weighted by atomic mass is 10.1. The van der Waals surface area contributed by atoms with Crippen LogP contribution in [0, 0.1) is 0 Å². The fourth-order valence-electron chi connectivity index (χ4n) is 1.80. The van der Waals surface area contributed by atoms with E-state index in [0.717, 1.165) is 10.6 Å². The zero-order chi connectivity index (χ0) is 16.2. The van der Waals surface area contributed by atoms with Crippen LogP contribution >= 0.6 is 0 Å². The first-order chi connectivity index (χ1) is 9.76. The molecule has 0 bridgehead atoms. The van der Waals surface area contributed by atoms with E-state index in [1.54, 1.807) is 6.07 Å². The molecule has 8 heteroatoms. The van der Waals surface area contributed by atoms with Crippen molar-refractivity contribution in [1.29, 1.82) is 0 Å². The number of carbonyl (C=O) groups is 1. The molecular formula is C13H19NO6S. The van der Waals surface area contributed by atoms with Gasteiger partial charge in [-0.05, 0) is 12.1 Å². The standard InChI is InChI=1S/C13H19NO6S/c1-14(21(5,16)17)11-7-6-9(13(19-3)20-4)8-10(11)12(15)18-2/h6-8,13H,1-5H3. The van der Waals surface area contributed by atoms with Crippen LogP contribution in [0.2, 0.25) is 0 Å². The second kappa shape index (κ2) is 6.88. The molecule has 0 fully saturated rings. The van der Waals surface area contributed by atoms with Gasteiger partial charge >= 0.3 is 5.97 Å². The number of hydrogen-bond donors (Lipinski definition) is 0. The van der Waals surface area contributed by atoms with Gasteiger partial charge < -0.3 is 14.2 Å². The van der Waals surface area contributed by atoms with Crippen molar-refractivity contribution in [3.63, 3.8) is 0 Å². The van der Waals surface area contributed by atoms with Crippen LogP contribution < -0.4 is 4.31 Å². The molecule has 0 atom stereocenters. The van der Waals surface area contributed by atoms with Gasteiger partial charge in [-0.1, -0.05) is 6.07 Å². The number of sulfonamides is 1. The lowest BCUT2D eigenvalue weighted by Crippen LogP contribution is -2.27. The Hall–Kier alpha value is -1.64. The highest BCUT2D eigenvalue weighted by atomic mass is 32.2. The molecule has 7 nitrogen and oxygen atoms in total. The molecule has 0 aliphatic rings. The minimum Gasteiger partial charge on any atom is -0.465 e. The molecular weight excluding hydrogens is 298 g/mol. The molecule has 0 unspecified atom stereocenters. The molecule has 118 valence electrons. The molecule has 1 aromatic rings. The van der Waals surface area contributed by atoms with Crippen LogP contribution in [0.15, 0.2) is 18.2 Å². The Morgan fingerprint density at radius 3 is 2.19 bits per heavy atom. The average Bonchev–Trinajstić information content (AvgIpc) is 2.45. The molecule has 0 aromatic heterocycles. The Morgan fingerprint density at radius 1 is 1.19 bits per heavy atom. The van der Waals surface area contributed by atoms with Gasteiger partial charge in [-0.15, -0.1) is 0 Å². The number of esters is 1. The first-order valence-electron chi connectivity index (χ1n) is 5.98. The quantitative estimate of drug-likeness (QED) is 0.578. The smallest absolute Gasteiger partial charge is 0.340 e. The molecule has 0 spiro atoms. The van der Waals surface area contributed by atoms with E-state index in [1.165, 1.54) is 40.5 Å². The number of nitrogens with zero attached hydrogens (tertiary/aromatic N) is 1. The molecule has 0 amide bonds. The highest BCUT2D eigenvalue weighted by Gasteiger charge is 2.22. The number of carbonyl (C=O) groups excluding carboxylic acids is 1. The molecule has 1 aromatic carbocycles. The van der Waals surface area contributed by atoms with Crippen molar-refractivity contribution >= 4 is 21.7 Å². The molecule has 0 N–H and O–H groups in total. The molecule has 0 saturated heterocycles. The summed E-state index contributed by atoms with van der Waals surface area (Å²) in [5.41, 5.74) is 0.909. The van der Waals surface area contributed by atoms with E-state index in [0.29, 0.717) is 5.56 Å². The van der Waals surface area contributed by atoms with Crippen molar-refractivity contribution < 1.29 is 27.4 Å². The van der Waals surface area contributed by atoms with Crippen molar-refractivity contribution in [2.24, 2.45) is 0 Å². The average molecular weight is 317 g/mol. The molecule has 1 rings (SSSR count). The van der Waals surface area contributed by atoms with Gasteiger partial charge in [0.2, 0.25) is 10.0 Å². The van der Waals surface area contributed by atoms with Gasteiger partial charge in [0.1, 0.15) is 0 Å². The zero-order valence-corrected chi connectivity index (χ0v) is 13.4. The van der Waals surface area contributed by atoms with Crippen molar-refractivity contribution in [2.45, 2.75) is 6.29 Å². The first-order valence-corrected chi connectivity index (χ1v) is 7.82. The maximum absolute atomic E-state index is 11.9. The number of ether oxygens (including phenoxy) is 3. The van der Waals surface area contributed by atoms with Gasteiger partial charge in [-0.2, -0.15) is 0 Å². The Kier molecular flexibility index (Phi) is 5.70. The van der Waals surface area contributed by atoms with Gasteiger partial charge in [0.25, 0.3) is 0 Å². The van der Waals surface area contributed by atoms with Gasteiger partial charge in [-0.3, -0.25) is 4.31 Å². The largest absolute Gasteiger partial charge is 0.465 e. The maximum Gasteiger partial charge on any atom is 0.340 e. The summed E-state index contributed by atoms with van der Waals surface area (Å²) >= 11 is 0. The number of methoxy groups -OCH3 is 3. The van der Waals surface area contributed by atoms with Crippen LogP contribution in [0.3, 0.4) is 0 Å². The topological polar surface area (TPSA) is 82.1 Å².